The largest absolute Gasteiger partial charge is 0.377 e. The van der Waals surface area contributed by atoms with Gasteiger partial charge in [-0.15, -0.1) is 0 Å². The summed E-state index contributed by atoms with van der Waals surface area (Å²) >= 11 is 0. The van der Waals surface area contributed by atoms with Crippen molar-refractivity contribution in [3.63, 3.8) is 0 Å². The third-order valence-electron chi connectivity index (χ3n) is 3.60. The Morgan fingerprint density at radius 2 is 1.21 bits per heavy atom. The van der Waals surface area contributed by atoms with Crippen molar-refractivity contribution >= 4 is 21.9 Å². The topological polar surface area (TPSA) is 108 Å². The average Bonchev–Trinajstić information content (AvgIpc) is 3.01. The van der Waals surface area contributed by atoms with Crippen molar-refractivity contribution in [1.29, 1.82) is 0 Å². The van der Waals surface area contributed by atoms with E-state index >= 15 is 0 Å². The Balaban J connectivity index is 1.40. The van der Waals surface area contributed by atoms with Gasteiger partial charge < -0.3 is 14.2 Å². The number of carbonyl (C=O) groups is 2. The van der Waals surface area contributed by atoms with Crippen LogP contribution in [0.4, 0.5) is 0 Å². The van der Waals surface area contributed by atoms with Gasteiger partial charge in [0.1, 0.15) is 0 Å². The van der Waals surface area contributed by atoms with Crippen molar-refractivity contribution in [3.8, 4) is 0 Å². The zero-order valence-electron chi connectivity index (χ0n) is 15.3. The van der Waals surface area contributed by atoms with Crippen LogP contribution in [0, 0.1) is 0 Å². The van der Waals surface area contributed by atoms with Crippen molar-refractivity contribution in [3.05, 3.63) is 42.5 Å². The fourth-order valence-electron chi connectivity index (χ4n) is 2.21. The normalized spacial score (nSPS) is 14.2. The summed E-state index contributed by atoms with van der Waals surface area (Å²) in [5.74, 6) is -0.662. The highest BCUT2D eigenvalue weighted by Gasteiger charge is 2.22. The molecule has 10 heteroatoms. The molecule has 2 rings (SSSR count). The second kappa shape index (κ2) is 11.7. The molecule has 0 bridgehead atoms. The van der Waals surface area contributed by atoms with Gasteiger partial charge in [0.05, 0.1) is 57.7 Å². The fraction of sp³-hybridized carbons (Fsp3) is 0.444. The maximum absolute atomic E-state index is 11.9. The molecule has 0 aromatic heterocycles. The highest BCUT2D eigenvalue weighted by molar-refractivity contribution is 7.86. The maximum Gasteiger partial charge on any atom is 0.297 e. The van der Waals surface area contributed by atoms with E-state index in [1.807, 2.05) is 0 Å². The molecule has 0 spiro atoms. The van der Waals surface area contributed by atoms with E-state index in [9.17, 15) is 18.0 Å². The van der Waals surface area contributed by atoms with E-state index in [-0.39, 0.29) is 49.7 Å². The molecule has 0 atom stereocenters. The lowest BCUT2D eigenvalue weighted by molar-refractivity contribution is -0.137. The molecule has 0 fully saturated rings. The van der Waals surface area contributed by atoms with E-state index < -0.39 is 10.1 Å². The molecule has 0 saturated carbocycles. The molecule has 0 aliphatic carbocycles. The van der Waals surface area contributed by atoms with E-state index in [2.05, 4.69) is 0 Å². The zero-order valence-corrected chi connectivity index (χ0v) is 16.1. The predicted octanol–water partition coefficient (Wildman–Crippen LogP) is 0.367. The second-order valence-corrected chi connectivity index (χ2v) is 7.20. The van der Waals surface area contributed by atoms with Gasteiger partial charge in [-0.2, -0.15) is 8.42 Å². The molecule has 2 amide bonds. The standard InChI is InChI=1S/C18H23NO8S/c20-17-6-7-18(21)19(17)8-9-24-10-11-25-12-13-26-14-15-27-28(22,23)16-4-2-1-3-5-16/h1-7H,8-15H2. The van der Waals surface area contributed by atoms with Gasteiger partial charge in [0, 0.05) is 12.2 Å². The van der Waals surface area contributed by atoms with Crippen LogP contribution in [-0.2, 0) is 38.1 Å². The SMILES string of the molecule is O=C1C=CC(=O)N1CCOCCOCCOCCOS(=O)(=O)c1ccccc1. The molecule has 9 nitrogen and oxygen atoms in total. The third kappa shape index (κ3) is 7.49. The Hall–Kier alpha value is -2.11. The fourth-order valence-corrected chi connectivity index (χ4v) is 3.12. The number of nitrogens with zero attached hydrogens (tertiary/aromatic N) is 1. The third-order valence-corrected chi connectivity index (χ3v) is 4.93. The van der Waals surface area contributed by atoms with E-state index in [1.54, 1.807) is 18.2 Å². The molecule has 0 N–H and O–H groups in total. The Bertz CT molecular complexity index is 745. The molecule has 1 aliphatic heterocycles. The van der Waals surface area contributed by atoms with Crippen molar-refractivity contribution in [1.82, 2.24) is 4.90 Å². The quantitative estimate of drug-likeness (QED) is 0.244. The first-order chi connectivity index (χ1) is 13.5. The number of carbonyl (C=O) groups excluding carboxylic acids is 2. The monoisotopic (exact) mass is 413 g/mol. The maximum atomic E-state index is 11.9. The molecule has 1 aliphatic rings. The minimum absolute atomic E-state index is 0.0802. The van der Waals surface area contributed by atoms with Crippen LogP contribution in [0.1, 0.15) is 0 Å². The Labute approximate surface area is 163 Å². The summed E-state index contributed by atoms with van der Waals surface area (Å²) < 4.78 is 44.4. The lowest BCUT2D eigenvalue weighted by atomic mass is 10.4. The van der Waals surface area contributed by atoms with Gasteiger partial charge in [-0.1, -0.05) is 18.2 Å². The number of benzene rings is 1. The van der Waals surface area contributed by atoms with E-state index in [1.165, 1.54) is 24.3 Å². The first-order valence-corrected chi connectivity index (χ1v) is 10.1. The summed E-state index contributed by atoms with van der Waals surface area (Å²) in [5.41, 5.74) is 0. The van der Waals surface area contributed by atoms with Gasteiger partial charge in [-0.05, 0) is 12.1 Å². The van der Waals surface area contributed by atoms with Crippen LogP contribution in [0.5, 0.6) is 0 Å². The van der Waals surface area contributed by atoms with E-state index in [0.717, 1.165) is 4.90 Å². The van der Waals surface area contributed by atoms with E-state index in [0.29, 0.717) is 19.8 Å². The van der Waals surface area contributed by atoms with Crippen molar-refractivity contribution in [2.24, 2.45) is 0 Å². The number of amides is 2. The van der Waals surface area contributed by atoms with Gasteiger partial charge in [-0.3, -0.25) is 18.7 Å². The van der Waals surface area contributed by atoms with Crippen LogP contribution >= 0.6 is 0 Å². The predicted molar refractivity (Wildman–Crippen MR) is 97.9 cm³/mol. The summed E-state index contributed by atoms with van der Waals surface area (Å²) in [6.07, 6.45) is 2.46. The Kier molecular flexibility index (Phi) is 9.24. The van der Waals surface area contributed by atoms with Gasteiger partial charge in [0.15, 0.2) is 0 Å². The summed E-state index contributed by atoms with van der Waals surface area (Å²) in [7, 11) is -3.76. The number of hydrogen-bond acceptors (Lipinski definition) is 8. The van der Waals surface area contributed by atoms with Gasteiger partial charge >= 0.3 is 0 Å². The molecule has 1 aromatic carbocycles. The minimum atomic E-state index is -3.76. The molecule has 0 saturated heterocycles. The Morgan fingerprint density at radius 1 is 0.714 bits per heavy atom. The molecule has 28 heavy (non-hydrogen) atoms. The van der Waals surface area contributed by atoms with Crippen LogP contribution in [0.3, 0.4) is 0 Å². The minimum Gasteiger partial charge on any atom is -0.377 e. The van der Waals surface area contributed by atoms with Gasteiger partial charge in [-0.25, -0.2) is 0 Å². The first kappa shape index (κ1) is 22.2. The van der Waals surface area contributed by atoms with Crippen molar-refractivity contribution < 1.29 is 36.4 Å². The summed E-state index contributed by atoms with van der Waals surface area (Å²) in [5, 5.41) is 0. The molecule has 1 aromatic rings. The highest BCUT2D eigenvalue weighted by atomic mass is 32.2. The number of rotatable bonds is 14. The molecular weight excluding hydrogens is 390 g/mol. The van der Waals surface area contributed by atoms with Crippen LogP contribution in [-0.4, -0.2) is 77.9 Å². The van der Waals surface area contributed by atoms with Crippen molar-refractivity contribution in [2.45, 2.75) is 4.90 Å². The molecule has 0 unspecified atom stereocenters. The zero-order chi connectivity index (χ0) is 20.2. The average molecular weight is 413 g/mol. The smallest absolute Gasteiger partial charge is 0.297 e. The van der Waals surface area contributed by atoms with Gasteiger partial charge in [0.2, 0.25) is 0 Å². The van der Waals surface area contributed by atoms with Crippen molar-refractivity contribution in [2.75, 3.05) is 52.8 Å². The summed E-state index contributed by atoms with van der Waals surface area (Å²) in [6, 6.07) is 7.89. The molecule has 154 valence electrons. The van der Waals surface area contributed by atoms with Gasteiger partial charge in [0.25, 0.3) is 21.9 Å². The van der Waals surface area contributed by atoms with Crippen LogP contribution < -0.4 is 0 Å². The van der Waals surface area contributed by atoms with Crippen LogP contribution in [0.2, 0.25) is 0 Å². The molecule has 1 heterocycles. The summed E-state index contributed by atoms with van der Waals surface area (Å²) in [6.45, 7) is 1.76. The van der Waals surface area contributed by atoms with Crippen LogP contribution in [0.15, 0.2) is 47.4 Å². The lowest BCUT2D eigenvalue weighted by Crippen LogP contribution is -2.33. The molecular formula is C18H23NO8S. The lowest BCUT2D eigenvalue weighted by Gasteiger charge is -2.13. The second-order valence-electron chi connectivity index (χ2n) is 5.59. The van der Waals surface area contributed by atoms with E-state index in [4.69, 9.17) is 18.4 Å². The Morgan fingerprint density at radius 3 is 1.79 bits per heavy atom. The first-order valence-electron chi connectivity index (χ1n) is 8.72. The number of hydrogen-bond donors (Lipinski definition) is 0. The highest BCUT2D eigenvalue weighted by Crippen LogP contribution is 2.10. The molecule has 0 radical (unpaired) electrons. The summed E-state index contributed by atoms with van der Waals surface area (Å²) in [4.78, 5) is 23.8. The number of ether oxygens (including phenoxy) is 3. The number of imide groups is 1. The van der Waals surface area contributed by atoms with Crippen LogP contribution in [0.25, 0.3) is 0 Å².